The molecular weight excluding hydrogens is 279 g/mol. The zero-order valence-electron chi connectivity index (χ0n) is 11.4. The zero-order chi connectivity index (χ0) is 15.8. The molecule has 0 aliphatic heterocycles. The van der Waals surface area contributed by atoms with Gasteiger partial charge in [0.25, 0.3) is 0 Å². The van der Waals surface area contributed by atoms with Crippen LogP contribution in [0.4, 0.5) is 4.39 Å². The van der Waals surface area contributed by atoms with Gasteiger partial charge in [0.2, 0.25) is 0 Å². The number of phenolic OH excluding ortho intramolecular Hbond substituents is 1. The first kappa shape index (κ1) is 17.4. The third kappa shape index (κ3) is 5.67. The van der Waals surface area contributed by atoms with Crippen LogP contribution in [0.1, 0.15) is 24.5 Å². The maximum absolute atomic E-state index is 13.2. The molecule has 0 radical (unpaired) electrons. The lowest BCUT2D eigenvalue weighted by Crippen LogP contribution is -2.13. The molecule has 0 saturated carbocycles. The highest BCUT2D eigenvalue weighted by Crippen LogP contribution is 2.23. The second kappa shape index (κ2) is 8.56. The van der Waals surface area contributed by atoms with Crippen LogP contribution in [-0.2, 0) is 0 Å². The van der Waals surface area contributed by atoms with E-state index >= 15 is 0 Å². The maximum Gasteiger partial charge on any atom is 0.165 e. The largest absolute Gasteiger partial charge is 0.505 e. The molecule has 21 heavy (non-hydrogen) atoms. The Labute approximate surface area is 121 Å². The van der Waals surface area contributed by atoms with Crippen LogP contribution < -0.4 is 0 Å². The molecule has 0 aliphatic rings. The third-order valence-corrected chi connectivity index (χ3v) is 2.89. The van der Waals surface area contributed by atoms with E-state index in [1.54, 1.807) is 0 Å². The summed E-state index contributed by atoms with van der Waals surface area (Å²) in [7, 11) is 0. The smallest absolute Gasteiger partial charge is 0.165 e. The van der Waals surface area contributed by atoms with E-state index in [-0.39, 0.29) is 19.4 Å². The second-order valence-electron chi connectivity index (χ2n) is 4.61. The topological polar surface area (TPSA) is 101 Å². The van der Waals surface area contributed by atoms with Crippen molar-refractivity contribution in [2.75, 3.05) is 13.2 Å². The van der Waals surface area contributed by atoms with E-state index < -0.39 is 30.4 Å². The molecule has 1 aromatic carbocycles. The minimum absolute atomic E-state index is 0.0768. The molecule has 2 atom stereocenters. The number of aliphatic hydroxyl groups is 4. The summed E-state index contributed by atoms with van der Waals surface area (Å²) in [5.74, 6) is -1.30. The molecule has 0 fully saturated rings. The summed E-state index contributed by atoms with van der Waals surface area (Å²) in [4.78, 5) is 0. The summed E-state index contributed by atoms with van der Waals surface area (Å²) in [6.07, 6.45) is -0.277. The van der Waals surface area contributed by atoms with Crippen molar-refractivity contribution in [3.63, 3.8) is 0 Å². The molecule has 5 N–H and O–H groups in total. The minimum atomic E-state index is -0.977. The number of halogens is 1. The Morgan fingerprint density at radius 2 is 2.00 bits per heavy atom. The molecule has 0 saturated heterocycles. The summed E-state index contributed by atoms with van der Waals surface area (Å²) in [6.45, 7) is -0.738. The number of aliphatic hydroxyl groups excluding tert-OH is 4. The lowest BCUT2D eigenvalue weighted by atomic mass is 10.1. The summed E-state index contributed by atoms with van der Waals surface area (Å²) in [5, 5.41) is 46.0. The standard InChI is InChI=1S/C15H19FO5/c16-13-7-11(4-5-15(13)21)14(20)3-1-2-10(8-17)6-12(19)9-18/h1,4-5,7,12,14,17-21H,3,6,8-9H2/t2?,12-,14-/m1/s1. The predicted octanol–water partition coefficient (Wildman–Crippen LogP) is 0.772. The van der Waals surface area contributed by atoms with Crippen molar-refractivity contribution in [3.05, 3.63) is 47.0 Å². The van der Waals surface area contributed by atoms with E-state index in [9.17, 15) is 14.6 Å². The van der Waals surface area contributed by atoms with E-state index in [1.165, 1.54) is 12.1 Å². The van der Waals surface area contributed by atoms with Crippen molar-refractivity contribution >= 4 is 0 Å². The van der Waals surface area contributed by atoms with Crippen LogP contribution in [0.5, 0.6) is 5.75 Å². The average molecular weight is 298 g/mol. The van der Waals surface area contributed by atoms with Gasteiger partial charge in [-0.1, -0.05) is 6.07 Å². The molecule has 1 aromatic rings. The van der Waals surface area contributed by atoms with Crippen LogP contribution in [0, 0.1) is 5.82 Å². The Morgan fingerprint density at radius 1 is 1.29 bits per heavy atom. The van der Waals surface area contributed by atoms with Crippen molar-refractivity contribution in [1.29, 1.82) is 0 Å². The highest BCUT2D eigenvalue weighted by molar-refractivity contribution is 5.29. The first-order valence-corrected chi connectivity index (χ1v) is 6.47. The number of phenols is 1. The highest BCUT2D eigenvalue weighted by atomic mass is 19.1. The number of benzene rings is 1. The molecule has 6 heteroatoms. The van der Waals surface area contributed by atoms with Crippen molar-refractivity contribution in [3.8, 4) is 5.75 Å². The molecule has 0 aliphatic carbocycles. The van der Waals surface area contributed by atoms with Gasteiger partial charge in [0.1, 0.15) is 0 Å². The minimum Gasteiger partial charge on any atom is -0.505 e. The first-order chi connectivity index (χ1) is 9.97. The van der Waals surface area contributed by atoms with E-state index in [0.717, 1.165) is 12.1 Å². The number of hydrogen-bond donors (Lipinski definition) is 5. The molecule has 0 bridgehead atoms. The Kier molecular flexibility index (Phi) is 7.08. The van der Waals surface area contributed by atoms with Crippen molar-refractivity contribution in [2.45, 2.75) is 25.0 Å². The van der Waals surface area contributed by atoms with Gasteiger partial charge in [-0.05, 0) is 29.3 Å². The van der Waals surface area contributed by atoms with Crippen LogP contribution in [0.2, 0.25) is 0 Å². The van der Waals surface area contributed by atoms with E-state index in [4.69, 9.17) is 15.3 Å². The van der Waals surface area contributed by atoms with Gasteiger partial charge < -0.3 is 25.5 Å². The molecule has 1 rings (SSSR count). The van der Waals surface area contributed by atoms with Gasteiger partial charge in [-0.15, -0.1) is 5.73 Å². The molecule has 0 spiro atoms. The maximum atomic E-state index is 13.2. The average Bonchev–Trinajstić information content (AvgIpc) is 2.48. The van der Waals surface area contributed by atoms with Crippen LogP contribution in [0.25, 0.3) is 0 Å². The molecule has 0 amide bonds. The fourth-order valence-electron chi connectivity index (χ4n) is 1.70. The first-order valence-electron chi connectivity index (χ1n) is 6.47. The fraction of sp³-hybridized carbons (Fsp3) is 0.400. The Hall–Kier alpha value is -1.69. The number of hydrogen-bond acceptors (Lipinski definition) is 5. The molecule has 0 unspecified atom stereocenters. The van der Waals surface area contributed by atoms with E-state index in [1.807, 2.05) is 0 Å². The van der Waals surface area contributed by atoms with Gasteiger partial charge in [-0.2, -0.15) is 0 Å². The summed E-state index contributed by atoms with van der Waals surface area (Å²) >= 11 is 0. The summed E-state index contributed by atoms with van der Waals surface area (Å²) in [5.41, 5.74) is 3.43. The SMILES string of the molecule is OCC(=C=CC[C@@H](O)c1ccc(O)c(F)c1)C[C@@H](O)CO. The van der Waals surface area contributed by atoms with E-state index in [2.05, 4.69) is 5.73 Å². The summed E-state index contributed by atoms with van der Waals surface area (Å²) in [6, 6.07) is 3.60. The molecular formula is C15H19FO5. The Balaban J connectivity index is 2.71. The molecule has 116 valence electrons. The highest BCUT2D eigenvalue weighted by Gasteiger charge is 2.09. The van der Waals surface area contributed by atoms with Gasteiger partial charge in [0.05, 0.1) is 25.4 Å². The van der Waals surface area contributed by atoms with Gasteiger partial charge in [-0.25, -0.2) is 4.39 Å². The molecule has 0 heterocycles. The number of aromatic hydroxyl groups is 1. The van der Waals surface area contributed by atoms with E-state index in [0.29, 0.717) is 11.1 Å². The quantitative estimate of drug-likeness (QED) is 0.479. The molecule has 5 nitrogen and oxygen atoms in total. The van der Waals surface area contributed by atoms with Crippen LogP contribution >= 0.6 is 0 Å². The zero-order valence-corrected chi connectivity index (χ0v) is 11.4. The van der Waals surface area contributed by atoms with Crippen LogP contribution in [0.3, 0.4) is 0 Å². The fourth-order valence-corrected chi connectivity index (χ4v) is 1.70. The van der Waals surface area contributed by atoms with Crippen LogP contribution in [0.15, 0.2) is 35.6 Å². The Bertz CT molecular complexity index is 523. The third-order valence-electron chi connectivity index (χ3n) is 2.89. The Morgan fingerprint density at radius 3 is 2.57 bits per heavy atom. The lowest BCUT2D eigenvalue weighted by Gasteiger charge is -2.09. The lowest BCUT2D eigenvalue weighted by molar-refractivity contribution is 0.0930. The van der Waals surface area contributed by atoms with Gasteiger partial charge in [-0.3, -0.25) is 0 Å². The van der Waals surface area contributed by atoms with Gasteiger partial charge in [0.15, 0.2) is 11.6 Å². The van der Waals surface area contributed by atoms with Crippen molar-refractivity contribution in [2.24, 2.45) is 0 Å². The predicted molar refractivity (Wildman–Crippen MR) is 74.0 cm³/mol. The summed E-state index contributed by atoms with van der Waals surface area (Å²) < 4.78 is 13.2. The molecule has 0 aromatic heterocycles. The van der Waals surface area contributed by atoms with Gasteiger partial charge in [0, 0.05) is 12.8 Å². The second-order valence-corrected chi connectivity index (χ2v) is 4.61. The van der Waals surface area contributed by atoms with Crippen molar-refractivity contribution in [1.82, 2.24) is 0 Å². The number of rotatable bonds is 7. The van der Waals surface area contributed by atoms with Crippen molar-refractivity contribution < 1.29 is 29.9 Å². The van der Waals surface area contributed by atoms with Crippen LogP contribution in [-0.4, -0.2) is 44.9 Å². The monoisotopic (exact) mass is 298 g/mol. The van der Waals surface area contributed by atoms with Gasteiger partial charge >= 0.3 is 0 Å². The normalized spacial score (nSPS) is 13.4.